The topological polar surface area (TPSA) is 68.9 Å². The molecule has 1 rings (SSSR count). The van der Waals surface area contributed by atoms with Crippen LogP contribution in [0.25, 0.3) is 0 Å². The second-order valence-electron chi connectivity index (χ2n) is 6.03. The smallest absolute Gasteiger partial charge is 0.188 e. The minimum Gasteiger partial charge on any atom is -0.379 e. The highest BCUT2D eigenvalue weighted by atomic mass is 127. The second-order valence-corrected chi connectivity index (χ2v) is 6.03. The third kappa shape index (κ3) is 14.0. The summed E-state index contributed by atoms with van der Waals surface area (Å²) in [4.78, 5) is 4.31. The van der Waals surface area contributed by atoms with Crippen LogP contribution in [-0.2, 0) is 9.47 Å². The third-order valence-electron chi connectivity index (χ3n) is 3.89. The molecule has 0 radical (unpaired) electrons. The molecule has 138 valence electrons. The maximum atomic E-state index is 5.83. The molecule has 1 aliphatic heterocycles. The Morgan fingerprint density at radius 2 is 2.00 bits per heavy atom. The van der Waals surface area contributed by atoms with Crippen molar-refractivity contribution < 1.29 is 9.47 Å². The first-order valence-corrected chi connectivity index (χ1v) is 9.06. The third-order valence-corrected chi connectivity index (χ3v) is 3.89. The SMILES string of the molecule is CCCCCCCCNC(N)=NCCCOCC1CCCO1.I. The van der Waals surface area contributed by atoms with Crippen LogP contribution in [0, 0.1) is 0 Å². The van der Waals surface area contributed by atoms with Gasteiger partial charge in [0, 0.05) is 26.3 Å². The molecule has 0 aliphatic carbocycles. The molecule has 1 heterocycles. The monoisotopic (exact) mass is 441 g/mol. The Morgan fingerprint density at radius 3 is 2.74 bits per heavy atom. The summed E-state index contributed by atoms with van der Waals surface area (Å²) in [6.07, 6.45) is 11.3. The molecule has 0 bridgehead atoms. The van der Waals surface area contributed by atoms with E-state index >= 15 is 0 Å². The molecule has 1 fully saturated rings. The molecule has 1 saturated heterocycles. The second kappa shape index (κ2) is 16.8. The average molecular weight is 441 g/mol. The molecule has 0 spiro atoms. The van der Waals surface area contributed by atoms with Crippen molar-refractivity contribution in [3.63, 3.8) is 0 Å². The van der Waals surface area contributed by atoms with Crippen LogP contribution in [0.5, 0.6) is 0 Å². The quantitative estimate of drug-likeness (QED) is 0.199. The van der Waals surface area contributed by atoms with Gasteiger partial charge < -0.3 is 20.5 Å². The summed E-state index contributed by atoms with van der Waals surface area (Å²) < 4.78 is 11.1. The van der Waals surface area contributed by atoms with Crippen LogP contribution >= 0.6 is 24.0 Å². The van der Waals surface area contributed by atoms with Gasteiger partial charge in [0.1, 0.15) is 0 Å². The van der Waals surface area contributed by atoms with E-state index in [1.807, 2.05) is 0 Å². The van der Waals surface area contributed by atoms with Crippen molar-refractivity contribution in [2.75, 3.05) is 32.9 Å². The number of aliphatic imine (C=N–C) groups is 1. The van der Waals surface area contributed by atoms with Crippen LogP contribution in [-0.4, -0.2) is 45.0 Å². The van der Waals surface area contributed by atoms with Gasteiger partial charge in [0.15, 0.2) is 5.96 Å². The van der Waals surface area contributed by atoms with Crippen LogP contribution in [0.2, 0.25) is 0 Å². The van der Waals surface area contributed by atoms with Gasteiger partial charge in [-0.15, -0.1) is 24.0 Å². The Kier molecular flexibility index (Phi) is 16.7. The maximum Gasteiger partial charge on any atom is 0.188 e. The molecule has 0 saturated carbocycles. The van der Waals surface area contributed by atoms with E-state index in [-0.39, 0.29) is 24.0 Å². The largest absolute Gasteiger partial charge is 0.379 e. The van der Waals surface area contributed by atoms with Crippen molar-refractivity contribution in [2.45, 2.75) is 70.8 Å². The zero-order chi connectivity index (χ0) is 15.9. The molecule has 3 N–H and O–H groups in total. The number of halogens is 1. The number of ether oxygens (including phenoxy) is 2. The number of hydrogen-bond acceptors (Lipinski definition) is 3. The van der Waals surface area contributed by atoms with Crippen LogP contribution in [0.1, 0.15) is 64.7 Å². The Labute approximate surface area is 159 Å². The Bertz CT molecular complexity index is 285. The minimum absolute atomic E-state index is 0. The lowest BCUT2D eigenvalue weighted by Gasteiger charge is -2.09. The van der Waals surface area contributed by atoms with Gasteiger partial charge in [-0.05, 0) is 25.7 Å². The summed E-state index contributed by atoms with van der Waals surface area (Å²) in [5, 5.41) is 3.18. The summed E-state index contributed by atoms with van der Waals surface area (Å²) in [7, 11) is 0. The maximum absolute atomic E-state index is 5.83. The normalized spacial score (nSPS) is 18.0. The van der Waals surface area contributed by atoms with Gasteiger partial charge in [-0.2, -0.15) is 0 Å². The highest BCUT2D eigenvalue weighted by molar-refractivity contribution is 14.0. The average Bonchev–Trinajstić information content (AvgIpc) is 3.03. The van der Waals surface area contributed by atoms with Gasteiger partial charge in [-0.25, -0.2) is 0 Å². The van der Waals surface area contributed by atoms with E-state index < -0.39 is 0 Å². The van der Waals surface area contributed by atoms with E-state index in [2.05, 4.69) is 17.2 Å². The molecule has 1 aliphatic rings. The Balaban J connectivity index is 0.00000484. The zero-order valence-corrected chi connectivity index (χ0v) is 17.1. The lowest BCUT2D eigenvalue weighted by Crippen LogP contribution is -2.32. The Hall–Kier alpha value is -0.0800. The predicted molar refractivity (Wildman–Crippen MR) is 108 cm³/mol. The van der Waals surface area contributed by atoms with Crippen molar-refractivity contribution in [2.24, 2.45) is 10.7 Å². The van der Waals surface area contributed by atoms with E-state index in [4.69, 9.17) is 15.2 Å². The highest BCUT2D eigenvalue weighted by Crippen LogP contribution is 2.11. The van der Waals surface area contributed by atoms with Crippen molar-refractivity contribution in [3.05, 3.63) is 0 Å². The number of nitrogens with one attached hydrogen (secondary N) is 1. The van der Waals surface area contributed by atoms with Crippen molar-refractivity contribution >= 4 is 29.9 Å². The number of rotatable bonds is 13. The number of nitrogens with two attached hydrogens (primary N) is 1. The summed E-state index contributed by atoms with van der Waals surface area (Å²) in [5.74, 6) is 0.563. The van der Waals surface area contributed by atoms with Gasteiger partial charge in [0.25, 0.3) is 0 Å². The molecule has 23 heavy (non-hydrogen) atoms. The molecule has 0 aromatic rings. The molecular formula is C17H36IN3O2. The lowest BCUT2D eigenvalue weighted by atomic mass is 10.1. The fourth-order valence-corrected chi connectivity index (χ4v) is 2.53. The van der Waals surface area contributed by atoms with E-state index in [0.717, 1.165) is 45.8 Å². The van der Waals surface area contributed by atoms with E-state index in [1.54, 1.807) is 0 Å². The van der Waals surface area contributed by atoms with Crippen LogP contribution in [0.3, 0.4) is 0 Å². The summed E-state index contributed by atoms with van der Waals surface area (Å²) in [6.45, 7) is 6.23. The standard InChI is InChI=1S/C17H35N3O2.HI/c1-2-3-4-5-6-7-11-19-17(18)20-12-9-13-21-15-16-10-8-14-22-16;/h16H,2-15H2,1H3,(H3,18,19,20);1H. The number of nitrogens with zero attached hydrogens (tertiary/aromatic N) is 1. The van der Waals surface area contributed by atoms with E-state index in [9.17, 15) is 0 Å². The molecule has 1 unspecified atom stereocenters. The first-order chi connectivity index (χ1) is 10.8. The predicted octanol–water partition coefficient (Wildman–Crippen LogP) is 3.45. The summed E-state index contributed by atoms with van der Waals surface area (Å²) in [6, 6.07) is 0. The van der Waals surface area contributed by atoms with Crippen LogP contribution in [0.4, 0.5) is 0 Å². The first kappa shape index (κ1) is 22.9. The van der Waals surface area contributed by atoms with Gasteiger partial charge in [-0.3, -0.25) is 4.99 Å². The van der Waals surface area contributed by atoms with Gasteiger partial charge in [0.05, 0.1) is 12.7 Å². The zero-order valence-electron chi connectivity index (χ0n) is 14.7. The number of hydrogen-bond donors (Lipinski definition) is 2. The van der Waals surface area contributed by atoms with Crippen molar-refractivity contribution in [3.8, 4) is 0 Å². The first-order valence-electron chi connectivity index (χ1n) is 9.06. The van der Waals surface area contributed by atoms with Crippen molar-refractivity contribution in [1.82, 2.24) is 5.32 Å². The molecule has 5 nitrogen and oxygen atoms in total. The van der Waals surface area contributed by atoms with Crippen LogP contribution < -0.4 is 11.1 Å². The summed E-state index contributed by atoms with van der Waals surface area (Å²) >= 11 is 0. The van der Waals surface area contributed by atoms with Gasteiger partial charge >= 0.3 is 0 Å². The lowest BCUT2D eigenvalue weighted by molar-refractivity contribution is 0.0171. The molecule has 6 heteroatoms. The molecular weight excluding hydrogens is 405 g/mol. The highest BCUT2D eigenvalue weighted by Gasteiger charge is 2.14. The van der Waals surface area contributed by atoms with Crippen LogP contribution in [0.15, 0.2) is 4.99 Å². The minimum atomic E-state index is 0. The summed E-state index contributed by atoms with van der Waals surface area (Å²) in [5.41, 5.74) is 5.83. The molecule has 0 amide bonds. The molecule has 0 aromatic carbocycles. The molecule has 0 aromatic heterocycles. The van der Waals surface area contributed by atoms with E-state index in [1.165, 1.54) is 44.9 Å². The number of guanidine groups is 1. The van der Waals surface area contributed by atoms with Gasteiger partial charge in [0.2, 0.25) is 0 Å². The Morgan fingerprint density at radius 1 is 1.22 bits per heavy atom. The van der Waals surface area contributed by atoms with E-state index in [0.29, 0.717) is 12.1 Å². The number of unbranched alkanes of at least 4 members (excludes halogenated alkanes) is 5. The van der Waals surface area contributed by atoms with Gasteiger partial charge in [-0.1, -0.05) is 39.0 Å². The fourth-order valence-electron chi connectivity index (χ4n) is 2.53. The fraction of sp³-hybridized carbons (Fsp3) is 0.941. The van der Waals surface area contributed by atoms with Crippen molar-refractivity contribution in [1.29, 1.82) is 0 Å². The molecule has 1 atom stereocenters.